The van der Waals surface area contributed by atoms with E-state index in [4.69, 9.17) is 0 Å². The maximum Gasteiger partial charge on any atom is 0.0968 e. The van der Waals surface area contributed by atoms with E-state index in [1.54, 1.807) is 0 Å². The molecule has 2 rings (SSSR count). The minimum absolute atomic E-state index is 0.163. The second kappa shape index (κ2) is 6.40. The normalized spacial score (nSPS) is 26.4. The van der Waals surface area contributed by atoms with Crippen molar-refractivity contribution in [3.8, 4) is 6.07 Å². The van der Waals surface area contributed by atoms with Crippen LogP contribution in [0.2, 0.25) is 0 Å². The fraction of sp³-hybridized carbons (Fsp3) is 0.667. The average molecular weight is 302 g/mol. The summed E-state index contributed by atoms with van der Waals surface area (Å²) in [5.74, 6) is 0.863. The third-order valence-corrected chi connectivity index (χ3v) is 5.80. The molecule has 3 heteroatoms. The molecular weight excluding hydrogens is 276 g/mol. The molecule has 0 radical (unpaired) electrons. The first kappa shape index (κ1) is 16.4. The number of aryl methyl sites for hydroxylation is 2. The first-order valence-electron chi connectivity index (χ1n) is 7.81. The lowest BCUT2D eigenvalue weighted by atomic mass is 9.70. The highest BCUT2D eigenvalue weighted by molar-refractivity contribution is 7.99. The van der Waals surface area contributed by atoms with Crippen molar-refractivity contribution >= 4 is 11.8 Å². The minimum atomic E-state index is 0.163. The number of pyridine rings is 1. The quantitative estimate of drug-likeness (QED) is 0.758. The van der Waals surface area contributed by atoms with E-state index < -0.39 is 0 Å². The highest BCUT2D eigenvalue weighted by Crippen LogP contribution is 2.45. The number of rotatable bonds is 2. The monoisotopic (exact) mass is 302 g/mol. The van der Waals surface area contributed by atoms with Crippen molar-refractivity contribution in [2.75, 3.05) is 0 Å². The molecule has 3 unspecified atom stereocenters. The van der Waals surface area contributed by atoms with Gasteiger partial charge in [-0.2, -0.15) is 5.26 Å². The average Bonchev–Trinajstić information content (AvgIpc) is 2.36. The van der Waals surface area contributed by atoms with Gasteiger partial charge in [0, 0.05) is 10.9 Å². The van der Waals surface area contributed by atoms with Crippen LogP contribution in [0.25, 0.3) is 0 Å². The van der Waals surface area contributed by atoms with Gasteiger partial charge in [-0.1, -0.05) is 20.8 Å². The van der Waals surface area contributed by atoms with Crippen molar-refractivity contribution in [1.82, 2.24) is 4.98 Å². The zero-order chi connectivity index (χ0) is 15.6. The van der Waals surface area contributed by atoms with Crippen LogP contribution in [0.4, 0.5) is 0 Å². The Morgan fingerprint density at radius 2 is 1.95 bits per heavy atom. The Kier molecular flexibility index (Phi) is 4.99. The van der Waals surface area contributed by atoms with Gasteiger partial charge < -0.3 is 0 Å². The summed E-state index contributed by atoms with van der Waals surface area (Å²) in [6.45, 7) is 11.1. The van der Waals surface area contributed by atoms with Crippen molar-refractivity contribution in [3.63, 3.8) is 0 Å². The number of nitriles is 1. The van der Waals surface area contributed by atoms with Gasteiger partial charge in [-0.25, -0.2) is 4.98 Å². The lowest BCUT2D eigenvalue weighted by molar-refractivity contribution is 0.169. The lowest BCUT2D eigenvalue weighted by Gasteiger charge is -2.39. The molecule has 21 heavy (non-hydrogen) atoms. The van der Waals surface area contributed by atoms with E-state index in [9.17, 15) is 5.26 Å². The Labute approximate surface area is 133 Å². The van der Waals surface area contributed by atoms with Gasteiger partial charge in [0.1, 0.15) is 0 Å². The van der Waals surface area contributed by atoms with E-state index in [0.29, 0.717) is 16.6 Å². The third kappa shape index (κ3) is 4.23. The summed E-state index contributed by atoms with van der Waals surface area (Å²) in [5.41, 5.74) is 2.64. The van der Waals surface area contributed by atoms with Gasteiger partial charge in [0.15, 0.2) is 0 Å². The van der Waals surface area contributed by atoms with Crippen LogP contribution in [0.15, 0.2) is 17.2 Å². The molecule has 0 amide bonds. The summed E-state index contributed by atoms with van der Waals surface area (Å²) >= 11 is 1.81. The van der Waals surface area contributed by atoms with Crippen molar-refractivity contribution in [3.05, 3.63) is 23.4 Å². The standard InChI is InChI=1S/C18H26N2S/c1-12-8-13(2)20-17(9-12)21-16-10-15(18(3,4)5)7-6-14(16)11-19/h8-9,14-16H,6-7,10H2,1-5H3. The number of nitrogens with zero attached hydrogens (tertiary/aromatic N) is 2. The molecule has 0 saturated heterocycles. The van der Waals surface area contributed by atoms with E-state index in [1.165, 1.54) is 12.0 Å². The Hall–Kier alpha value is -1.01. The molecule has 0 bridgehead atoms. The number of thioether (sulfide) groups is 1. The molecule has 1 saturated carbocycles. The van der Waals surface area contributed by atoms with Crippen LogP contribution in [0.5, 0.6) is 0 Å². The molecule has 0 spiro atoms. The largest absolute Gasteiger partial charge is 0.247 e. The van der Waals surface area contributed by atoms with Crippen LogP contribution in [0.1, 0.15) is 51.3 Å². The van der Waals surface area contributed by atoms with Crippen molar-refractivity contribution < 1.29 is 0 Å². The lowest BCUT2D eigenvalue weighted by Crippen LogP contribution is -2.33. The molecule has 1 aromatic heterocycles. The van der Waals surface area contributed by atoms with E-state index in [1.807, 2.05) is 18.7 Å². The molecule has 1 heterocycles. The third-order valence-electron chi connectivity index (χ3n) is 4.53. The van der Waals surface area contributed by atoms with Crippen molar-refractivity contribution in [2.24, 2.45) is 17.3 Å². The first-order chi connectivity index (χ1) is 9.79. The highest BCUT2D eigenvalue weighted by atomic mass is 32.2. The minimum Gasteiger partial charge on any atom is -0.247 e. The Bertz CT molecular complexity index is 519. The van der Waals surface area contributed by atoms with Crippen LogP contribution in [-0.4, -0.2) is 10.2 Å². The molecule has 0 aromatic carbocycles. The molecule has 0 aliphatic heterocycles. The SMILES string of the molecule is Cc1cc(C)nc(SC2CC(C(C)(C)C)CCC2C#N)c1. The van der Waals surface area contributed by atoms with Gasteiger partial charge in [0.05, 0.1) is 17.0 Å². The second-order valence-electron chi connectivity index (χ2n) is 7.39. The van der Waals surface area contributed by atoms with Crippen LogP contribution in [0.3, 0.4) is 0 Å². The second-order valence-corrected chi connectivity index (χ2v) is 8.65. The van der Waals surface area contributed by atoms with Crippen LogP contribution in [-0.2, 0) is 0 Å². The summed E-state index contributed by atoms with van der Waals surface area (Å²) < 4.78 is 0. The van der Waals surface area contributed by atoms with Gasteiger partial charge in [0.2, 0.25) is 0 Å². The maximum atomic E-state index is 9.45. The zero-order valence-electron chi connectivity index (χ0n) is 13.8. The van der Waals surface area contributed by atoms with Gasteiger partial charge in [-0.15, -0.1) is 11.8 Å². The topological polar surface area (TPSA) is 36.7 Å². The first-order valence-corrected chi connectivity index (χ1v) is 8.69. The number of aromatic nitrogens is 1. The predicted octanol–water partition coefficient (Wildman–Crippen LogP) is 5.15. The van der Waals surface area contributed by atoms with Crippen LogP contribution < -0.4 is 0 Å². The molecule has 3 atom stereocenters. The molecule has 1 fully saturated rings. The zero-order valence-corrected chi connectivity index (χ0v) is 14.6. The van der Waals surface area contributed by atoms with E-state index >= 15 is 0 Å². The summed E-state index contributed by atoms with van der Waals surface area (Å²) in [6.07, 6.45) is 3.33. The smallest absolute Gasteiger partial charge is 0.0968 e. The fourth-order valence-corrected chi connectivity index (χ4v) is 4.66. The number of hydrogen-bond acceptors (Lipinski definition) is 3. The maximum absolute atomic E-state index is 9.45. The van der Waals surface area contributed by atoms with Gasteiger partial charge in [0.25, 0.3) is 0 Å². The summed E-state index contributed by atoms with van der Waals surface area (Å²) in [6, 6.07) is 6.77. The summed E-state index contributed by atoms with van der Waals surface area (Å²) in [5, 5.41) is 10.9. The molecule has 114 valence electrons. The molecular formula is C18H26N2S. The van der Waals surface area contributed by atoms with E-state index in [2.05, 4.69) is 50.9 Å². The van der Waals surface area contributed by atoms with Gasteiger partial charge in [-0.3, -0.25) is 0 Å². The van der Waals surface area contributed by atoms with Crippen LogP contribution in [0, 0.1) is 42.4 Å². The van der Waals surface area contributed by atoms with E-state index in [-0.39, 0.29) is 5.92 Å². The Balaban J connectivity index is 2.16. The summed E-state index contributed by atoms with van der Waals surface area (Å²) in [7, 11) is 0. The van der Waals surface area contributed by atoms with Crippen molar-refractivity contribution in [1.29, 1.82) is 5.26 Å². The fourth-order valence-electron chi connectivity index (χ4n) is 3.21. The number of hydrogen-bond donors (Lipinski definition) is 0. The van der Waals surface area contributed by atoms with Gasteiger partial charge >= 0.3 is 0 Å². The van der Waals surface area contributed by atoms with E-state index in [0.717, 1.165) is 23.6 Å². The predicted molar refractivity (Wildman–Crippen MR) is 89.3 cm³/mol. The highest BCUT2D eigenvalue weighted by Gasteiger charge is 2.36. The summed E-state index contributed by atoms with van der Waals surface area (Å²) in [4.78, 5) is 4.64. The molecule has 1 aliphatic carbocycles. The Morgan fingerprint density at radius 1 is 1.24 bits per heavy atom. The Morgan fingerprint density at radius 3 is 2.52 bits per heavy atom. The molecule has 1 aromatic rings. The molecule has 1 aliphatic rings. The van der Waals surface area contributed by atoms with Gasteiger partial charge in [-0.05, 0) is 62.1 Å². The molecule has 2 nitrogen and oxygen atoms in total. The van der Waals surface area contributed by atoms with Crippen LogP contribution >= 0.6 is 11.8 Å². The molecule has 0 N–H and O–H groups in total. The van der Waals surface area contributed by atoms with Crippen molar-refractivity contribution in [2.45, 2.75) is 64.2 Å².